The molecule has 0 aliphatic heterocycles. The van der Waals surface area contributed by atoms with Crippen LogP contribution in [-0.2, 0) is 6.61 Å². The van der Waals surface area contributed by atoms with E-state index >= 15 is 0 Å². The van der Waals surface area contributed by atoms with Crippen molar-refractivity contribution >= 4 is 11.6 Å². The summed E-state index contributed by atoms with van der Waals surface area (Å²) in [4.78, 5) is 8.00. The lowest BCUT2D eigenvalue weighted by Crippen LogP contribution is -1.93. The van der Waals surface area contributed by atoms with E-state index in [1.807, 2.05) is 24.3 Å². The van der Waals surface area contributed by atoms with Gasteiger partial charge in [-0.15, -0.1) is 0 Å². The number of aliphatic hydroxyl groups is 1. The maximum absolute atomic E-state index is 8.79. The summed E-state index contributed by atoms with van der Waals surface area (Å²) < 4.78 is 0. The first-order valence-electron chi connectivity index (χ1n) is 4.47. The largest absolute Gasteiger partial charge is 0.388 e. The van der Waals surface area contributed by atoms with Gasteiger partial charge in [-0.3, -0.25) is 0 Å². The molecule has 1 aromatic carbocycles. The minimum Gasteiger partial charge on any atom is -0.388 e. The van der Waals surface area contributed by atoms with E-state index in [0.717, 1.165) is 11.1 Å². The highest BCUT2D eigenvalue weighted by molar-refractivity contribution is 6.30. The molecular formula is C11H9ClN2O. The minimum absolute atomic E-state index is 0.138. The fourth-order valence-electron chi connectivity index (χ4n) is 1.23. The van der Waals surface area contributed by atoms with Crippen LogP contribution < -0.4 is 0 Å². The van der Waals surface area contributed by atoms with Crippen molar-refractivity contribution in [2.75, 3.05) is 0 Å². The van der Waals surface area contributed by atoms with Crippen LogP contribution in [0.25, 0.3) is 11.1 Å². The summed E-state index contributed by atoms with van der Waals surface area (Å²) in [5.41, 5.74) is 1.91. The highest BCUT2D eigenvalue weighted by Crippen LogP contribution is 2.19. The molecule has 15 heavy (non-hydrogen) atoms. The van der Waals surface area contributed by atoms with Crippen LogP contribution in [0.3, 0.4) is 0 Å². The molecule has 2 rings (SSSR count). The van der Waals surface area contributed by atoms with Crippen molar-refractivity contribution in [3.8, 4) is 11.1 Å². The molecule has 1 N–H and O–H groups in total. The van der Waals surface area contributed by atoms with E-state index in [1.54, 1.807) is 12.4 Å². The molecule has 2 aromatic rings. The van der Waals surface area contributed by atoms with Gasteiger partial charge < -0.3 is 5.11 Å². The number of halogens is 1. The fourth-order valence-corrected chi connectivity index (χ4v) is 1.35. The number of nitrogens with zero attached hydrogens (tertiary/aromatic N) is 2. The lowest BCUT2D eigenvalue weighted by Gasteiger charge is -2.01. The lowest BCUT2D eigenvalue weighted by atomic mass is 10.1. The van der Waals surface area contributed by atoms with Crippen LogP contribution in [0.4, 0.5) is 0 Å². The molecule has 0 amide bonds. The molecule has 0 saturated heterocycles. The van der Waals surface area contributed by atoms with Gasteiger partial charge >= 0.3 is 0 Å². The van der Waals surface area contributed by atoms with Gasteiger partial charge in [-0.1, -0.05) is 23.7 Å². The molecular weight excluding hydrogens is 212 g/mol. The Labute approximate surface area is 92.4 Å². The van der Waals surface area contributed by atoms with E-state index in [2.05, 4.69) is 9.97 Å². The number of aromatic nitrogens is 2. The molecule has 0 spiro atoms. The summed E-state index contributed by atoms with van der Waals surface area (Å²) in [5.74, 6) is 0.424. The highest BCUT2D eigenvalue weighted by atomic mass is 35.5. The van der Waals surface area contributed by atoms with Crippen molar-refractivity contribution in [1.82, 2.24) is 9.97 Å². The first-order chi connectivity index (χ1) is 7.29. The van der Waals surface area contributed by atoms with Crippen molar-refractivity contribution in [1.29, 1.82) is 0 Å². The zero-order chi connectivity index (χ0) is 10.7. The second kappa shape index (κ2) is 4.38. The van der Waals surface area contributed by atoms with Crippen LogP contribution in [0.2, 0.25) is 5.02 Å². The predicted molar refractivity (Wildman–Crippen MR) is 58.4 cm³/mol. The Morgan fingerprint density at radius 3 is 2.13 bits per heavy atom. The Hall–Kier alpha value is -1.45. The Balaban J connectivity index is 2.33. The van der Waals surface area contributed by atoms with Gasteiger partial charge in [0.05, 0.1) is 0 Å². The zero-order valence-electron chi connectivity index (χ0n) is 7.89. The Kier molecular flexibility index (Phi) is 2.94. The van der Waals surface area contributed by atoms with Crippen LogP contribution in [-0.4, -0.2) is 15.1 Å². The van der Waals surface area contributed by atoms with E-state index in [4.69, 9.17) is 16.7 Å². The van der Waals surface area contributed by atoms with Crippen molar-refractivity contribution in [2.24, 2.45) is 0 Å². The van der Waals surface area contributed by atoms with Gasteiger partial charge in [0.1, 0.15) is 6.61 Å². The first-order valence-corrected chi connectivity index (χ1v) is 4.85. The van der Waals surface area contributed by atoms with Crippen molar-refractivity contribution < 1.29 is 5.11 Å². The van der Waals surface area contributed by atoms with Crippen LogP contribution in [0.5, 0.6) is 0 Å². The summed E-state index contributed by atoms with van der Waals surface area (Å²) in [6.45, 7) is -0.138. The number of hydrogen-bond donors (Lipinski definition) is 1. The van der Waals surface area contributed by atoms with E-state index in [1.165, 1.54) is 0 Å². The fraction of sp³-hybridized carbons (Fsp3) is 0.0909. The van der Waals surface area contributed by atoms with E-state index in [9.17, 15) is 0 Å². The normalized spacial score (nSPS) is 10.3. The standard InChI is InChI=1S/C11H9ClN2O/c12-10-3-1-8(2-4-10)9-5-13-11(7-15)14-6-9/h1-6,15H,7H2. The van der Waals surface area contributed by atoms with E-state index in [0.29, 0.717) is 10.8 Å². The molecule has 0 atom stereocenters. The Bertz CT molecular complexity index is 439. The monoisotopic (exact) mass is 220 g/mol. The van der Waals surface area contributed by atoms with Gasteiger partial charge in [0.25, 0.3) is 0 Å². The highest BCUT2D eigenvalue weighted by Gasteiger charge is 1.99. The summed E-state index contributed by atoms with van der Waals surface area (Å²) in [6.07, 6.45) is 3.36. The molecule has 0 saturated carbocycles. The molecule has 0 aliphatic rings. The first kappa shape index (κ1) is 10.1. The van der Waals surface area contributed by atoms with Crippen molar-refractivity contribution in [3.63, 3.8) is 0 Å². The zero-order valence-corrected chi connectivity index (χ0v) is 8.65. The van der Waals surface area contributed by atoms with Crippen LogP contribution >= 0.6 is 11.6 Å². The number of benzene rings is 1. The topological polar surface area (TPSA) is 46.0 Å². The maximum Gasteiger partial charge on any atom is 0.153 e. The average molecular weight is 221 g/mol. The Morgan fingerprint density at radius 1 is 1.00 bits per heavy atom. The van der Waals surface area contributed by atoms with Gasteiger partial charge in [0, 0.05) is 23.0 Å². The Morgan fingerprint density at radius 2 is 1.60 bits per heavy atom. The smallest absolute Gasteiger partial charge is 0.153 e. The summed E-state index contributed by atoms with van der Waals surface area (Å²) >= 11 is 5.78. The molecule has 0 unspecified atom stereocenters. The van der Waals surface area contributed by atoms with Gasteiger partial charge in [0.15, 0.2) is 5.82 Å². The van der Waals surface area contributed by atoms with Crippen molar-refractivity contribution in [3.05, 3.63) is 47.5 Å². The average Bonchev–Trinajstić information content (AvgIpc) is 2.30. The second-order valence-corrected chi connectivity index (χ2v) is 3.49. The van der Waals surface area contributed by atoms with Gasteiger partial charge in [0.2, 0.25) is 0 Å². The van der Waals surface area contributed by atoms with Crippen LogP contribution in [0.15, 0.2) is 36.7 Å². The van der Waals surface area contributed by atoms with Gasteiger partial charge in [-0.25, -0.2) is 9.97 Å². The maximum atomic E-state index is 8.79. The minimum atomic E-state index is -0.138. The molecule has 0 fully saturated rings. The van der Waals surface area contributed by atoms with E-state index in [-0.39, 0.29) is 6.61 Å². The molecule has 0 aliphatic carbocycles. The molecule has 1 aromatic heterocycles. The second-order valence-electron chi connectivity index (χ2n) is 3.05. The third-order valence-corrected chi connectivity index (χ3v) is 2.28. The molecule has 1 heterocycles. The summed E-state index contributed by atoms with van der Waals surface area (Å²) in [5, 5.41) is 9.49. The van der Waals surface area contributed by atoms with Crippen LogP contribution in [0.1, 0.15) is 5.82 Å². The quantitative estimate of drug-likeness (QED) is 0.845. The number of aliphatic hydroxyl groups excluding tert-OH is 1. The third kappa shape index (κ3) is 2.32. The number of rotatable bonds is 2. The number of hydrogen-bond acceptors (Lipinski definition) is 3. The lowest BCUT2D eigenvalue weighted by molar-refractivity contribution is 0.271. The SMILES string of the molecule is OCc1ncc(-c2ccc(Cl)cc2)cn1. The summed E-state index contributed by atoms with van der Waals surface area (Å²) in [6, 6.07) is 7.44. The van der Waals surface area contributed by atoms with Crippen molar-refractivity contribution in [2.45, 2.75) is 6.61 Å². The van der Waals surface area contributed by atoms with Gasteiger partial charge in [-0.05, 0) is 17.7 Å². The third-order valence-electron chi connectivity index (χ3n) is 2.02. The van der Waals surface area contributed by atoms with E-state index < -0.39 is 0 Å². The molecule has 76 valence electrons. The molecule has 0 bridgehead atoms. The molecule has 0 radical (unpaired) electrons. The summed E-state index contributed by atoms with van der Waals surface area (Å²) in [7, 11) is 0. The van der Waals surface area contributed by atoms with Crippen LogP contribution in [0, 0.1) is 0 Å². The predicted octanol–water partition coefficient (Wildman–Crippen LogP) is 2.29. The van der Waals surface area contributed by atoms with Gasteiger partial charge in [-0.2, -0.15) is 0 Å². The molecule has 3 nitrogen and oxygen atoms in total. The molecule has 4 heteroatoms.